The molecule has 0 aromatic carbocycles. The molecular weight excluding hydrogens is 180 g/mol. The fourth-order valence-electron chi connectivity index (χ4n) is 1.36. The topological polar surface area (TPSA) is 38.0 Å². The van der Waals surface area contributed by atoms with Crippen LogP contribution in [0, 0.1) is 5.92 Å². The SMILES string of the molecule is CC(C)C(CCc1cccs1)NN. The minimum Gasteiger partial charge on any atom is -0.271 e. The van der Waals surface area contributed by atoms with Crippen LogP contribution in [0.15, 0.2) is 17.5 Å². The third kappa shape index (κ3) is 3.46. The van der Waals surface area contributed by atoms with Crippen molar-refractivity contribution in [3.05, 3.63) is 22.4 Å². The second kappa shape index (κ2) is 5.37. The van der Waals surface area contributed by atoms with E-state index in [1.54, 1.807) is 0 Å². The monoisotopic (exact) mass is 198 g/mol. The van der Waals surface area contributed by atoms with Crippen LogP contribution in [0.4, 0.5) is 0 Å². The summed E-state index contributed by atoms with van der Waals surface area (Å²) in [6.45, 7) is 4.39. The molecule has 0 radical (unpaired) electrons. The molecule has 1 aromatic heterocycles. The van der Waals surface area contributed by atoms with Gasteiger partial charge >= 0.3 is 0 Å². The number of rotatable bonds is 5. The molecule has 0 aliphatic rings. The predicted octanol–water partition coefficient (Wildman–Crippen LogP) is 2.17. The Bertz CT molecular complexity index is 219. The number of nitrogens with two attached hydrogens (primary N) is 1. The van der Waals surface area contributed by atoms with E-state index in [0.717, 1.165) is 12.8 Å². The zero-order valence-corrected chi connectivity index (χ0v) is 9.10. The lowest BCUT2D eigenvalue weighted by Crippen LogP contribution is -2.39. The fourth-order valence-corrected chi connectivity index (χ4v) is 2.09. The molecule has 0 saturated carbocycles. The van der Waals surface area contributed by atoms with Gasteiger partial charge in [0, 0.05) is 10.9 Å². The number of hydrogen-bond acceptors (Lipinski definition) is 3. The van der Waals surface area contributed by atoms with Crippen LogP contribution < -0.4 is 11.3 Å². The maximum absolute atomic E-state index is 5.47. The third-order valence-corrected chi connectivity index (χ3v) is 3.24. The van der Waals surface area contributed by atoms with Crippen molar-refractivity contribution in [2.24, 2.45) is 11.8 Å². The van der Waals surface area contributed by atoms with Gasteiger partial charge in [-0.15, -0.1) is 11.3 Å². The summed E-state index contributed by atoms with van der Waals surface area (Å²) >= 11 is 1.82. The highest BCUT2D eigenvalue weighted by atomic mass is 32.1. The Kier molecular flexibility index (Phi) is 4.42. The van der Waals surface area contributed by atoms with E-state index < -0.39 is 0 Å². The molecule has 1 heterocycles. The lowest BCUT2D eigenvalue weighted by atomic mass is 10.00. The van der Waals surface area contributed by atoms with Crippen molar-refractivity contribution in [3.63, 3.8) is 0 Å². The van der Waals surface area contributed by atoms with Gasteiger partial charge in [-0.25, -0.2) is 0 Å². The molecular formula is C10H18N2S. The van der Waals surface area contributed by atoms with Crippen LogP contribution in [0.25, 0.3) is 0 Å². The van der Waals surface area contributed by atoms with Crippen molar-refractivity contribution in [1.29, 1.82) is 0 Å². The first-order valence-corrected chi connectivity index (χ1v) is 5.60. The summed E-state index contributed by atoms with van der Waals surface area (Å²) in [6, 6.07) is 4.71. The van der Waals surface area contributed by atoms with Crippen LogP contribution in [0.5, 0.6) is 0 Å². The van der Waals surface area contributed by atoms with Gasteiger partial charge in [0.2, 0.25) is 0 Å². The Morgan fingerprint density at radius 1 is 1.54 bits per heavy atom. The molecule has 0 bridgehead atoms. The van der Waals surface area contributed by atoms with Gasteiger partial charge in [-0.2, -0.15) is 0 Å². The maximum atomic E-state index is 5.47. The molecule has 3 heteroatoms. The molecule has 74 valence electrons. The van der Waals surface area contributed by atoms with E-state index in [-0.39, 0.29) is 0 Å². The zero-order valence-electron chi connectivity index (χ0n) is 8.29. The van der Waals surface area contributed by atoms with Crippen LogP contribution in [0.1, 0.15) is 25.1 Å². The van der Waals surface area contributed by atoms with E-state index in [9.17, 15) is 0 Å². The van der Waals surface area contributed by atoms with Gasteiger partial charge in [-0.1, -0.05) is 19.9 Å². The molecule has 1 unspecified atom stereocenters. The van der Waals surface area contributed by atoms with Gasteiger partial charge < -0.3 is 0 Å². The normalized spacial score (nSPS) is 13.5. The Labute approximate surface area is 84.1 Å². The Morgan fingerprint density at radius 2 is 2.31 bits per heavy atom. The molecule has 13 heavy (non-hydrogen) atoms. The molecule has 0 amide bonds. The number of thiophene rings is 1. The number of aryl methyl sites for hydroxylation is 1. The van der Waals surface area contributed by atoms with Crippen LogP contribution >= 0.6 is 11.3 Å². The Morgan fingerprint density at radius 3 is 2.77 bits per heavy atom. The van der Waals surface area contributed by atoms with Crippen molar-refractivity contribution in [2.75, 3.05) is 0 Å². The molecule has 2 nitrogen and oxygen atoms in total. The standard InChI is InChI=1S/C10H18N2S/c1-8(2)10(12-11)6-5-9-4-3-7-13-9/h3-4,7-8,10,12H,5-6,11H2,1-2H3. The third-order valence-electron chi connectivity index (χ3n) is 2.30. The van der Waals surface area contributed by atoms with E-state index in [1.807, 2.05) is 11.3 Å². The minimum absolute atomic E-state index is 0.432. The van der Waals surface area contributed by atoms with Crippen molar-refractivity contribution in [2.45, 2.75) is 32.7 Å². The summed E-state index contributed by atoms with van der Waals surface area (Å²) in [5, 5.41) is 2.12. The molecule has 0 spiro atoms. The summed E-state index contributed by atoms with van der Waals surface area (Å²) in [5.74, 6) is 6.07. The minimum atomic E-state index is 0.432. The first-order chi connectivity index (χ1) is 6.24. The highest BCUT2D eigenvalue weighted by molar-refractivity contribution is 7.09. The van der Waals surface area contributed by atoms with E-state index >= 15 is 0 Å². The largest absolute Gasteiger partial charge is 0.271 e. The molecule has 1 rings (SSSR count). The molecule has 0 fully saturated rings. The predicted molar refractivity (Wildman–Crippen MR) is 58.6 cm³/mol. The highest BCUT2D eigenvalue weighted by Crippen LogP contribution is 2.14. The van der Waals surface area contributed by atoms with Gasteiger partial charge in [0.15, 0.2) is 0 Å². The number of hydrazine groups is 1. The second-order valence-corrected chi connectivity index (χ2v) is 4.67. The average Bonchev–Trinajstić information content (AvgIpc) is 2.57. The summed E-state index contributed by atoms with van der Waals surface area (Å²) in [7, 11) is 0. The van der Waals surface area contributed by atoms with E-state index in [0.29, 0.717) is 12.0 Å². The van der Waals surface area contributed by atoms with Crippen LogP contribution in [0.3, 0.4) is 0 Å². The summed E-state index contributed by atoms with van der Waals surface area (Å²) in [6.07, 6.45) is 2.25. The second-order valence-electron chi connectivity index (χ2n) is 3.64. The van der Waals surface area contributed by atoms with Crippen molar-refractivity contribution in [1.82, 2.24) is 5.43 Å². The highest BCUT2D eigenvalue weighted by Gasteiger charge is 2.10. The van der Waals surface area contributed by atoms with Gasteiger partial charge in [-0.05, 0) is 30.2 Å². The molecule has 0 aliphatic carbocycles. The van der Waals surface area contributed by atoms with Crippen LogP contribution in [0.2, 0.25) is 0 Å². The average molecular weight is 198 g/mol. The summed E-state index contributed by atoms with van der Waals surface area (Å²) < 4.78 is 0. The first-order valence-electron chi connectivity index (χ1n) is 4.72. The van der Waals surface area contributed by atoms with Crippen molar-refractivity contribution >= 4 is 11.3 Å². The van der Waals surface area contributed by atoms with Crippen LogP contribution in [-0.4, -0.2) is 6.04 Å². The van der Waals surface area contributed by atoms with E-state index in [4.69, 9.17) is 5.84 Å². The van der Waals surface area contributed by atoms with E-state index in [2.05, 4.69) is 36.8 Å². The zero-order chi connectivity index (χ0) is 9.68. The number of hydrogen-bond donors (Lipinski definition) is 2. The number of nitrogens with one attached hydrogen (secondary N) is 1. The molecule has 1 aromatic rings. The van der Waals surface area contributed by atoms with Gasteiger partial charge in [0.1, 0.15) is 0 Å². The van der Waals surface area contributed by atoms with Crippen LogP contribution in [-0.2, 0) is 6.42 Å². The quantitative estimate of drug-likeness (QED) is 0.562. The molecule has 1 atom stereocenters. The molecule has 0 saturated heterocycles. The Balaban J connectivity index is 2.32. The van der Waals surface area contributed by atoms with Gasteiger partial charge in [0.05, 0.1) is 0 Å². The molecule has 0 aliphatic heterocycles. The van der Waals surface area contributed by atoms with Gasteiger partial charge in [-0.3, -0.25) is 11.3 Å². The fraction of sp³-hybridized carbons (Fsp3) is 0.600. The molecule has 3 N–H and O–H groups in total. The lowest BCUT2D eigenvalue weighted by Gasteiger charge is -2.18. The lowest BCUT2D eigenvalue weighted by molar-refractivity contribution is 0.385. The van der Waals surface area contributed by atoms with Gasteiger partial charge in [0.25, 0.3) is 0 Å². The summed E-state index contributed by atoms with van der Waals surface area (Å²) in [5.41, 5.74) is 2.87. The van der Waals surface area contributed by atoms with Crippen molar-refractivity contribution in [3.8, 4) is 0 Å². The Hall–Kier alpha value is -0.380. The maximum Gasteiger partial charge on any atom is 0.0236 e. The van der Waals surface area contributed by atoms with Crippen molar-refractivity contribution < 1.29 is 0 Å². The summed E-state index contributed by atoms with van der Waals surface area (Å²) in [4.78, 5) is 1.45. The smallest absolute Gasteiger partial charge is 0.0236 e. The van der Waals surface area contributed by atoms with E-state index in [1.165, 1.54) is 4.88 Å². The first kappa shape index (κ1) is 10.7.